The second-order valence-corrected chi connectivity index (χ2v) is 5.78. The maximum Gasteiger partial charge on any atom is 0.361 e. The lowest BCUT2D eigenvalue weighted by Gasteiger charge is -2.13. The van der Waals surface area contributed by atoms with Crippen LogP contribution in [0, 0.1) is 0 Å². The Bertz CT molecular complexity index is 703. The van der Waals surface area contributed by atoms with Gasteiger partial charge in [-0.2, -0.15) is 10.3 Å². The van der Waals surface area contributed by atoms with Gasteiger partial charge in [0.2, 0.25) is 0 Å². The maximum absolute atomic E-state index is 12.0. The number of nitrogens with one attached hydrogen (secondary N) is 1. The van der Waals surface area contributed by atoms with Crippen LogP contribution in [0.3, 0.4) is 0 Å². The number of hydrogen-bond acceptors (Lipinski definition) is 6. The molecule has 0 amide bonds. The molecule has 8 heteroatoms. The summed E-state index contributed by atoms with van der Waals surface area (Å²) in [5.41, 5.74) is 1.17. The molecule has 0 spiro atoms. The summed E-state index contributed by atoms with van der Waals surface area (Å²) >= 11 is 3.49. The van der Waals surface area contributed by atoms with Crippen molar-refractivity contribution in [2.24, 2.45) is 0 Å². The molecular formula is C16H20BrN3O4. The highest BCUT2D eigenvalue weighted by Gasteiger charge is 2.22. The summed E-state index contributed by atoms with van der Waals surface area (Å²) in [5.74, 6) is 0.653. The fourth-order valence-electron chi connectivity index (χ4n) is 2.08. The van der Waals surface area contributed by atoms with Crippen molar-refractivity contribution in [2.45, 2.75) is 26.7 Å². The lowest BCUT2D eigenvalue weighted by molar-refractivity contribution is 0.0520. The SMILES string of the molecule is CCCCOc1cc(Br)c(-c2n[nH]nc2C(=O)OCC)cc1OC. The van der Waals surface area contributed by atoms with Gasteiger partial charge in [0.05, 0.1) is 20.3 Å². The number of benzene rings is 1. The van der Waals surface area contributed by atoms with Gasteiger partial charge in [0.25, 0.3) is 0 Å². The van der Waals surface area contributed by atoms with E-state index in [1.807, 2.05) is 0 Å². The standard InChI is InChI=1S/C16H20BrN3O4/c1-4-6-7-24-13-9-11(17)10(8-12(13)22-3)14-15(19-20-18-14)16(21)23-5-2/h8-9H,4-7H2,1-3H3,(H,18,19,20). The van der Waals surface area contributed by atoms with Crippen LogP contribution in [-0.2, 0) is 4.74 Å². The van der Waals surface area contributed by atoms with Gasteiger partial charge in [-0.05, 0) is 41.4 Å². The lowest BCUT2D eigenvalue weighted by Crippen LogP contribution is -2.07. The van der Waals surface area contributed by atoms with Crippen molar-refractivity contribution in [1.29, 1.82) is 0 Å². The number of hydrogen-bond donors (Lipinski definition) is 1. The van der Waals surface area contributed by atoms with Crippen molar-refractivity contribution in [3.05, 3.63) is 22.3 Å². The zero-order valence-electron chi connectivity index (χ0n) is 13.9. The quantitative estimate of drug-likeness (QED) is 0.540. The minimum absolute atomic E-state index is 0.124. The fraction of sp³-hybridized carbons (Fsp3) is 0.438. The molecule has 0 atom stereocenters. The number of carbonyl (C=O) groups is 1. The molecule has 0 fully saturated rings. The van der Waals surface area contributed by atoms with Gasteiger partial charge >= 0.3 is 5.97 Å². The lowest BCUT2D eigenvalue weighted by atomic mass is 10.1. The third kappa shape index (κ3) is 4.05. The van der Waals surface area contributed by atoms with Crippen molar-refractivity contribution in [3.63, 3.8) is 0 Å². The molecular weight excluding hydrogens is 378 g/mol. The monoisotopic (exact) mass is 397 g/mol. The van der Waals surface area contributed by atoms with Gasteiger partial charge in [-0.25, -0.2) is 4.79 Å². The summed E-state index contributed by atoms with van der Waals surface area (Å²) in [5, 5.41) is 10.4. The van der Waals surface area contributed by atoms with Crippen molar-refractivity contribution < 1.29 is 19.0 Å². The molecule has 1 heterocycles. The van der Waals surface area contributed by atoms with E-state index in [0.29, 0.717) is 33.8 Å². The molecule has 130 valence electrons. The van der Waals surface area contributed by atoms with Crippen molar-refractivity contribution >= 4 is 21.9 Å². The van der Waals surface area contributed by atoms with Crippen LogP contribution in [0.5, 0.6) is 11.5 Å². The maximum atomic E-state index is 12.0. The number of esters is 1. The molecule has 0 radical (unpaired) electrons. The van der Waals surface area contributed by atoms with Crippen molar-refractivity contribution in [1.82, 2.24) is 15.4 Å². The van der Waals surface area contributed by atoms with E-state index in [1.54, 1.807) is 26.2 Å². The van der Waals surface area contributed by atoms with E-state index in [1.165, 1.54) is 0 Å². The molecule has 24 heavy (non-hydrogen) atoms. The van der Waals surface area contributed by atoms with Crippen LogP contribution in [0.2, 0.25) is 0 Å². The fourth-order valence-corrected chi connectivity index (χ4v) is 2.59. The number of unbranched alkanes of at least 4 members (excludes halogenated alkanes) is 1. The summed E-state index contributed by atoms with van der Waals surface area (Å²) in [6.45, 7) is 4.71. The topological polar surface area (TPSA) is 86.3 Å². The number of ether oxygens (including phenoxy) is 3. The number of methoxy groups -OCH3 is 1. The van der Waals surface area contributed by atoms with Gasteiger partial charge in [-0.15, -0.1) is 5.10 Å². The van der Waals surface area contributed by atoms with Gasteiger partial charge < -0.3 is 14.2 Å². The molecule has 0 aliphatic heterocycles. The molecule has 1 N–H and O–H groups in total. The first kappa shape index (κ1) is 18.3. The predicted octanol–water partition coefficient (Wildman–Crippen LogP) is 3.60. The summed E-state index contributed by atoms with van der Waals surface area (Å²) < 4.78 is 16.9. The first-order chi connectivity index (χ1) is 11.6. The first-order valence-corrected chi connectivity index (χ1v) is 8.50. The number of aromatic nitrogens is 3. The molecule has 0 aliphatic rings. The van der Waals surface area contributed by atoms with Gasteiger partial charge in [-0.1, -0.05) is 13.3 Å². The van der Waals surface area contributed by atoms with E-state index in [9.17, 15) is 4.79 Å². The van der Waals surface area contributed by atoms with E-state index in [4.69, 9.17) is 14.2 Å². The van der Waals surface area contributed by atoms with Crippen LogP contribution in [-0.4, -0.2) is 41.7 Å². The first-order valence-electron chi connectivity index (χ1n) is 7.70. The van der Waals surface area contributed by atoms with E-state index >= 15 is 0 Å². The van der Waals surface area contributed by atoms with Crippen molar-refractivity contribution in [2.75, 3.05) is 20.3 Å². The van der Waals surface area contributed by atoms with Crippen LogP contribution in [0.4, 0.5) is 0 Å². The van der Waals surface area contributed by atoms with Crippen LogP contribution in [0.15, 0.2) is 16.6 Å². The average Bonchev–Trinajstić information content (AvgIpc) is 3.05. The highest BCUT2D eigenvalue weighted by atomic mass is 79.9. The van der Waals surface area contributed by atoms with E-state index < -0.39 is 5.97 Å². The molecule has 0 saturated carbocycles. The summed E-state index contributed by atoms with van der Waals surface area (Å²) in [7, 11) is 1.56. The number of carbonyl (C=O) groups excluding carboxylic acids is 1. The Labute approximate surface area is 148 Å². The molecule has 1 aromatic carbocycles. The number of halogens is 1. The smallest absolute Gasteiger partial charge is 0.361 e. The molecule has 0 saturated heterocycles. The number of H-pyrrole nitrogens is 1. The third-order valence-corrected chi connectivity index (χ3v) is 3.94. The Balaban J connectivity index is 2.38. The Morgan fingerprint density at radius 2 is 2.04 bits per heavy atom. The Hall–Kier alpha value is -2.09. The molecule has 2 aromatic rings. The minimum Gasteiger partial charge on any atom is -0.493 e. The van der Waals surface area contributed by atoms with E-state index in [-0.39, 0.29) is 12.3 Å². The highest BCUT2D eigenvalue weighted by Crippen LogP contribution is 2.38. The Kier molecular flexibility index (Phi) is 6.60. The van der Waals surface area contributed by atoms with Gasteiger partial charge in [0.1, 0.15) is 5.69 Å². The van der Waals surface area contributed by atoms with Crippen LogP contribution < -0.4 is 9.47 Å². The van der Waals surface area contributed by atoms with E-state index in [2.05, 4.69) is 38.3 Å². The average molecular weight is 398 g/mol. The Morgan fingerprint density at radius 3 is 2.71 bits per heavy atom. The zero-order valence-corrected chi connectivity index (χ0v) is 15.5. The second kappa shape index (κ2) is 8.68. The normalized spacial score (nSPS) is 10.5. The van der Waals surface area contributed by atoms with Gasteiger partial charge in [-0.3, -0.25) is 0 Å². The molecule has 0 aliphatic carbocycles. The van der Waals surface area contributed by atoms with Crippen molar-refractivity contribution in [3.8, 4) is 22.8 Å². The third-order valence-electron chi connectivity index (χ3n) is 3.28. The Morgan fingerprint density at radius 1 is 1.25 bits per heavy atom. The van der Waals surface area contributed by atoms with Gasteiger partial charge in [0.15, 0.2) is 17.2 Å². The summed E-state index contributed by atoms with van der Waals surface area (Å²) in [6, 6.07) is 3.55. The van der Waals surface area contributed by atoms with Gasteiger partial charge in [0, 0.05) is 10.0 Å². The summed E-state index contributed by atoms with van der Waals surface area (Å²) in [6.07, 6.45) is 2.00. The van der Waals surface area contributed by atoms with E-state index in [0.717, 1.165) is 12.8 Å². The molecule has 0 bridgehead atoms. The zero-order chi connectivity index (χ0) is 17.5. The summed E-state index contributed by atoms with van der Waals surface area (Å²) in [4.78, 5) is 12.0. The predicted molar refractivity (Wildman–Crippen MR) is 92.4 cm³/mol. The van der Waals surface area contributed by atoms with Crippen LogP contribution >= 0.6 is 15.9 Å². The number of nitrogens with zero attached hydrogens (tertiary/aromatic N) is 2. The molecule has 7 nitrogen and oxygen atoms in total. The number of rotatable bonds is 8. The van der Waals surface area contributed by atoms with Crippen LogP contribution in [0.25, 0.3) is 11.3 Å². The highest BCUT2D eigenvalue weighted by molar-refractivity contribution is 9.10. The van der Waals surface area contributed by atoms with Crippen LogP contribution in [0.1, 0.15) is 37.2 Å². The largest absolute Gasteiger partial charge is 0.493 e. The minimum atomic E-state index is -0.532. The number of aromatic amines is 1. The molecule has 1 aromatic heterocycles. The second-order valence-electron chi connectivity index (χ2n) is 4.93. The molecule has 0 unspecified atom stereocenters. The molecule has 2 rings (SSSR count).